The standard InChI is InChI=1S/C8H15NO2/c10-7-5-9-4-2-1-3-6(9)8(7)11/h6-8,10-11H,1-5H2/t6?,7-,8-/m0/s1. The fraction of sp³-hybridized carbons (Fsp3) is 1.00. The van der Waals surface area contributed by atoms with Gasteiger partial charge in [0.2, 0.25) is 0 Å². The topological polar surface area (TPSA) is 43.7 Å². The molecule has 11 heavy (non-hydrogen) atoms. The zero-order valence-electron chi connectivity index (χ0n) is 6.61. The minimum Gasteiger partial charge on any atom is -0.389 e. The first-order valence-electron chi connectivity index (χ1n) is 4.39. The van der Waals surface area contributed by atoms with Gasteiger partial charge in [0.1, 0.15) is 0 Å². The highest BCUT2D eigenvalue weighted by Gasteiger charge is 2.40. The fourth-order valence-electron chi connectivity index (χ4n) is 2.23. The van der Waals surface area contributed by atoms with Crippen LogP contribution in [0.1, 0.15) is 19.3 Å². The molecule has 0 radical (unpaired) electrons. The van der Waals surface area contributed by atoms with Crippen molar-refractivity contribution in [3.8, 4) is 0 Å². The number of hydrogen-bond acceptors (Lipinski definition) is 3. The molecule has 2 aliphatic rings. The van der Waals surface area contributed by atoms with E-state index in [9.17, 15) is 10.2 Å². The molecule has 0 aliphatic carbocycles. The lowest BCUT2D eigenvalue weighted by Gasteiger charge is -2.29. The second-order valence-corrected chi connectivity index (χ2v) is 3.62. The van der Waals surface area contributed by atoms with Gasteiger partial charge in [0.15, 0.2) is 0 Å². The Labute approximate surface area is 66.6 Å². The highest BCUT2D eigenvalue weighted by molar-refractivity contribution is 4.94. The number of rotatable bonds is 0. The van der Waals surface area contributed by atoms with E-state index in [1.54, 1.807) is 0 Å². The van der Waals surface area contributed by atoms with E-state index in [-0.39, 0.29) is 6.04 Å². The van der Waals surface area contributed by atoms with Crippen molar-refractivity contribution in [2.75, 3.05) is 13.1 Å². The zero-order valence-corrected chi connectivity index (χ0v) is 6.61. The molecule has 0 saturated carbocycles. The highest BCUT2D eigenvalue weighted by Crippen LogP contribution is 2.26. The molecule has 1 unspecified atom stereocenters. The lowest BCUT2D eigenvalue weighted by atomic mass is 10.0. The summed E-state index contributed by atoms with van der Waals surface area (Å²) in [4.78, 5) is 2.21. The normalized spacial score (nSPS) is 45.8. The number of nitrogens with zero attached hydrogens (tertiary/aromatic N) is 1. The third kappa shape index (κ3) is 1.17. The second kappa shape index (κ2) is 2.73. The van der Waals surface area contributed by atoms with E-state index in [1.807, 2.05) is 0 Å². The van der Waals surface area contributed by atoms with Crippen LogP contribution in [0.15, 0.2) is 0 Å². The molecule has 3 heteroatoms. The maximum atomic E-state index is 9.50. The van der Waals surface area contributed by atoms with Crippen LogP contribution >= 0.6 is 0 Å². The molecule has 64 valence electrons. The molecule has 0 aromatic carbocycles. The number of piperidine rings is 1. The van der Waals surface area contributed by atoms with E-state index in [0.717, 1.165) is 13.0 Å². The van der Waals surface area contributed by atoms with Crippen LogP contribution in [0.5, 0.6) is 0 Å². The number of hydrogen-bond donors (Lipinski definition) is 2. The molecule has 2 N–H and O–H groups in total. The predicted molar refractivity (Wildman–Crippen MR) is 41.2 cm³/mol. The SMILES string of the molecule is O[C@H]1CN2CCCCC2[C@@H]1O. The van der Waals surface area contributed by atoms with Crippen molar-refractivity contribution < 1.29 is 10.2 Å². The fourth-order valence-corrected chi connectivity index (χ4v) is 2.23. The van der Waals surface area contributed by atoms with Crippen LogP contribution < -0.4 is 0 Å². The molecule has 2 fully saturated rings. The van der Waals surface area contributed by atoms with Crippen molar-refractivity contribution in [3.63, 3.8) is 0 Å². The molecule has 0 aromatic rings. The molecule has 3 atom stereocenters. The monoisotopic (exact) mass is 157 g/mol. The van der Waals surface area contributed by atoms with E-state index >= 15 is 0 Å². The van der Waals surface area contributed by atoms with Crippen LogP contribution in [0, 0.1) is 0 Å². The van der Waals surface area contributed by atoms with Crippen molar-refractivity contribution in [1.29, 1.82) is 0 Å². The Morgan fingerprint density at radius 3 is 2.73 bits per heavy atom. The summed E-state index contributed by atoms with van der Waals surface area (Å²) >= 11 is 0. The van der Waals surface area contributed by atoms with Crippen LogP contribution in [0.25, 0.3) is 0 Å². The first kappa shape index (κ1) is 7.53. The van der Waals surface area contributed by atoms with E-state index < -0.39 is 12.2 Å². The van der Waals surface area contributed by atoms with Crippen molar-refractivity contribution in [1.82, 2.24) is 4.90 Å². The van der Waals surface area contributed by atoms with Crippen molar-refractivity contribution in [2.45, 2.75) is 37.5 Å². The van der Waals surface area contributed by atoms with E-state index in [2.05, 4.69) is 4.90 Å². The Hall–Kier alpha value is -0.120. The quantitative estimate of drug-likeness (QED) is 0.502. The molecule has 2 saturated heterocycles. The Morgan fingerprint density at radius 1 is 1.18 bits per heavy atom. The summed E-state index contributed by atoms with van der Waals surface area (Å²) in [6.07, 6.45) is 2.48. The number of aliphatic hydroxyl groups is 2. The maximum Gasteiger partial charge on any atom is 0.0966 e. The summed E-state index contributed by atoms with van der Waals surface area (Å²) in [5.41, 5.74) is 0. The minimum atomic E-state index is -0.502. The molecular weight excluding hydrogens is 142 g/mol. The molecule has 0 aromatic heterocycles. The van der Waals surface area contributed by atoms with Crippen molar-refractivity contribution in [3.05, 3.63) is 0 Å². The van der Waals surface area contributed by atoms with Gasteiger partial charge >= 0.3 is 0 Å². The molecular formula is C8H15NO2. The Morgan fingerprint density at radius 2 is 2.00 bits per heavy atom. The summed E-state index contributed by atoms with van der Waals surface area (Å²) in [5, 5.41) is 18.8. The van der Waals surface area contributed by atoms with Gasteiger partial charge in [0, 0.05) is 12.6 Å². The minimum absolute atomic E-state index is 0.249. The molecule has 2 rings (SSSR count). The lowest BCUT2D eigenvalue weighted by Crippen LogP contribution is -2.39. The molecule has 0 bridgehead atoms. The zero-order chi connectivity index (χ0) is 7.84. The van der Waals surface area contributed by atoms with Crippen molar-refractivity contribution >= 4 is 0 Å². The molecule has 0 amide bonds. The van der Waals surface area contributed by atoms with Gasteiger partial charge in [-0.1, -0.05) is 6.42 Å². The van der Waals surface area contributed by atoms with Crippen LogP contribution in [0.3, 0.4) is 0 Å². The van der Waals surface area contributed by atoms with Gasteiger partial charge in [-0.05, 0) is 19.4 Å². The molecule has 2 aliphatic heterocycles. The predicted octanol–water partition coefficient (Wildman–Crippen LogP) is -0.424. The first-order chi connectivity index (χ1) is 5.29. The molecule has 3 nitrogen and oxygen atoms in total. The smallest absolute Gasteiger partial charge is 0.0966 e. The Kier molecular flexibility index (Phi) is 1.87. The van der Waals surface area contributed by atoms with Crippen molar-refractivity contribution in [2.24, 2.45) is 0 Å². The van der Waals surface area contributed by atoms with Gasteiger partial charge in [-0.15, -0.1) is 0 Å². The average Bonchev–Trinajstić information content (AvgIpc) is 2.30. The number of fused-ring (bicyclic) bond motifs is 1. The van der Waals surface area contributed by atoms with Gasteiger partial charge in [0.05, 0.1) is 12.2 Å². The largest absolute Gasteiger partial charge is 0.389 e. The van der Waals surface area contributed by atoms with Gasteiger partial charge in [-0.2, -0.15) is 0 Å². The van der Waals surface area contributed by atoms with E-state index in [1.165, 1.54) is 12.8 Å². The molecule has 0 spiro atoms. The lowest BCUT2D eigenvalue weighted by molar-refractivity contribution is 0.0318. The first-order valence-corrected chi connectivity index (χ1v) is 4.39. The summed E-state index contributed by atoms with van der Waals surface area (Å²) in [6.45, 7) is 1.73. The second-order valence-electron chi connectivity index (χ2n) is 3.62. The van der Waals surface area contributed by atoms with Crippen LogP contribution in [0.4, 0.5) is 0 Å². The number of aliphatic hydroxyl groups excluding tert-OH is 2. The van der Waals surface area contributed by atoms with Gasteiger partial charge in [0.25, 0.3) is 0 Å². The van der Waals surface area contributed by atoms with Crippen LogP contribution in [0.2, 0.25) is 0 Å². The maximum absolute atomic E-state index is 9.50. The third-order valence-corrected chi connectivity index (χ3v) is 2.87. The highest BCUT2D eigenvalue weighted by atomic mass is 16.3. The van der Waals surface area contributed by atoms with Crippen LogP contribution in [-0.4, -0.2) is 46.5 Å². The summed E-state index contributed by atoms with van der Waals surface area (Å²) in [7, 11) is 0. The van der Waals surface area contributed by atoms with E-state index in [4.69, 9.17) is 0 Å². The van der Waals surface area contributed by atoms with Gasteiger partial charge in [-0.25, -0.2) is 0 Å². The average molecular weight is 157 g/mol. The Bertz CT molecular complexity index is 151. The van der Waals surface area contributed by atoms with E-state index in [0.29, 0.717) is 6.54 Å². The summed E-state index contributed by atoms with van der Waals surface area (Å²) < 4.78 is 0. The third-order valence-electron chi connectivity index (χ3n) is 2.87. The summed E-state index contributed by atoms with van der Waals surface area (Å²) in [5.74, 6) is 0. The summed E-state index contributed by atoms with van der Waals surface area (Å²) in [6, 6.07) is 0.249. The van der Waals surface area contributed by atoms with Gasteiger partial charge < -0.3 is 10.2 Å². The molecule has 2 heterocycles. The Balaban J connectivity index is 2.05. The van der Waals surface area contributed by atoms with Crippen LogP contribution in [-0.2, 0) is 0 Å². The van der Waals surface area contributed by atoms with Gasteiger partial charge in [-0.3, -0.25) is 4.90 Å².